The fourth-order valence-corrected chi connectivity index (χ4v) is 1.29. The fourth-order valence-electron chi connectivity index (χ4n) is 1.29. The molecule has 0 saturated heterocycles. The predicted molar refractivity (Wildman–Crippen MR) is 36.7 cm³/mol. The van der Waals surface area contributed by atoms with Crippen molar-refractivity contribution in [2.75, 3.05) is 6.54 Å². The summed E-state index contributed by atoms with van der Waals surface area (Å²) in [6.45, 7) is 0.785. The first-order valence-electron chi connectivity index (χ1n) is 3.79. The third-order valence-electron chi connectivity index (χ3n) is 1.88. The minimum atomic E-state index is -4.41. The average molecular weight is 192 g/mol. The molecule has 2 rings (SSSR count). The number of rotatable bonds is 0. The van der Waals surface area contributed by atoms with Gasteiger partial charge in [-0.3, -0.25) is 9.88 Å². The molecule has 1 aromatic rings. The summed E-state index contributed by atoms with van der Waals surface area (Å²) in [5.41, 5.74) is 0. The zero-order valence-electron chi connectivity index (χ0n) is 6.60. The summed E-state index contributed by atoms with van der Waals surface area (Å²) >= 11 is 0. The molecule has 0 unspecified atom stereocenters. The second-order valence-corrected chi connectivity index (χ2v) is 2.77. The van der Waals surface area contributed by atoms with Gasteiger partial charge in [-0.25, -0.2) is 0 Å². The SMILES string of the molecule is FC(F)(F)c1nnc2n1CNCC2. The summed E-state index contributed by atoms with van der Waals surface area (Å²) < 4.78 is 37.8. The molecule has 72 valence electrons. The van der Waals surface area contributed by atoms with Gasteiger partial charge in [-0.15, -0.1) is 10.2 Å². The molecule has 0 atom stereocenters. The van der Waals surface area contributed by atoms with E-state index in [1.807, 2.05) is 0 Å². The van der Waals surface area contributed by atoms with Crippen molar-refractivity contribution in [1.82, 2.24) is 20.1 Å². The molecule has 1 aliphatic heterocycles. The molecule has 0 amide bonds. The molecule has 0 aliphatic carbocycles. The van der Waals surface area contributed by atoms with Crippen molar-refractivity contribution in [3.63, 3.8) is 0 Å². The van der Waals surface area contributed by atoms with E-state index in [0.29, 0.717) is 18.8 Å². The highest BCUT2D eigenvalue weighted by Gasteiger charge is 2.38. The molecule has 0 fully saturated rings. The van der Waals surface area contributed by atoms with Gasteiger partial charge in [-0.05, 0) is 0 Å². The number of alkyl halides is 3. The molecule has 1 N–H and O–H groups in total. The second kappa shape index (κ2) is 2.69. The summed E-state index contributed by atoms with van der Waals surface area (Å²) in [5, 5.41) is 9.42. The summed E-state index contributed by atoms with van der Waals surface area (Å²) in [6.07, 6.45) is -3.92. The van der Waals surface area contributed by atoms with Gasteiger partial charge in [0, 0.05) is 13.0 Å². The van der Waals surface area contributed by atoms with Crippen LogP contribution >= 0.6 is 0 Å². The molecule has 1 aliphatic rings. The van der Waals surface area contributed by atoms with Crippen molar-refractivity contribution in [2.45, 2.75) is 19.3 Å². The van der Waals surface area contributed by atoms with E-state index in [-0.39, 0.29) is 6.67 Å². The van der Waals surface area contributed by atoms with Crippen molar-refractivity contribution >= 4 is 0 Å². The monoisotopic (exact) mass is 192 g/mol. The van der Waals surface area contributed by atoms with Crippen LogP contribution in [0, 0.1) is 0 Å². The van der Waals surface area contributed by atoms with Crippen LogP contribution in [0.15, 0.2) is 0 Å². The van der Waals surface area contributed by atoms with Gasteiger partial charge in [-0.2, -0.15) is 13.2 Å². The minimum Gasteiger partial charge on any atom is -0.299 e. The normalized spacial score (nSPS) is 17.2. The molecule has 0 saturated carbocycles. The van der Waals surface area contributed by atoms with E-state index in [0.717, 1.165) is 4.57 Å². The molecule has 0 spiro atoms. The smallest absolute Gasteiger partial charge is 0.299 e. The first-order valence-corrected chi connectivity index (χ1v) is 3.79. The number of hydrogen-bond donors (Lipinski definition) is 1. The average Bonchev–Trinajstić information content (AvgIpc) is 2.45. The quantitative estimate of drug-likeness (QED) is 0.647. The standard InChI is InChI=1S/C6H7F3N4/c7-6(8,9)5-12-11-4-1-2-10-3-13(4)5/h10H,1-3H2. The second-order valence-electron chi connectivity index (χ2n) is 2.77. The number of halogens is 3. The minimum absolute atomic E-state index is 0.136. The Morgan fingerprint density at radius 1 is 1.31 bits per heavy atom. The van der Waals surface area contributed by atoms with E-state index < -0.39 is 12.0 Å². The van der Waals surface area contributed by atoms with E-state index in [1.54, 1.807) is 0 Å². The maximum absolute atomic E-state index is 12.3. The van der Waals surface area contributed by atoms with Crippen LogP contribution in [0.5, 0.6) is 0 Å². The maximum atomic E-state index is 12.3. The van der Waals surface area contributed by atoms with Gasteiger partial charge < -0.3 is 0 Å². The lowest BCUT2D eigenvalue weighted by Gasteiger charge is -2.16. The molecule has 0 aromatic carbocycles. The Balaban J connectivity index is 2.43. The van der Waals surface area contributed by atoms with Crippen LogP contribution in [0.3, 0.4) is 0 Å². The Labute approximate surface area is 71.8 Å². The molecule has 0 bridgehead atoms. The molecule has 2 heterocycles. The Morgan fingerprint density at radius 2 is 2.08 bits per heavy atom. The number of hydrogen-bond acceptors (Lipinski definition) is 3. The number of aromatic nitrogens is 3. The lowest BCUT2D eigenvalue weighted by Crippen LogP contribution is -2.31. The van der Waals surface area contributed by atoms with Crippen molar-refractivity contribution in [2.24, 2.45) is 0 Å². The topological polar surface area (TPSA) is 42.7 Å². The van der Waals surface area contributed by atoms with E-state index in [1.165, 1.54) is 0 Å². The van der Waals surface area contributed by atoms with Crippen LogP contribution in [0.2, 0.25) is 0 Å². The van der Waals surface area contributed by atoms with Gasteiger partial charge >= 0.3 is 6.18 Å². The molecule has 13 heavy (non-hydrogen) atoms. The first-order chi connectivity index (χ1) is 6.09. The number of nitrogens with zero attached hydrogens (tertiary/aromatic N) is 3. The van der Waals surface area contributed by atoms with E-state index >= 15 is 0 Å². The largest absolute Gasteiger partial charge is 0.451 e. The number of nitrogens with one attached hydrogen (secondary N) is 1. The lowest BCUT2D eigenvalue weighted by atomic mass is 10.3. The van der Waals surface area contributed by atoms with Gasteiger partial charge in [0.25, 0.3) is 0 Å². The molecule has 1 aromatic heterocycles. The van der Waals surface area contributed by atoms with Gasteiger partial charge in [0.05, 0.1) is 6.67 Å². The fraction of sp³-hybridized carbons (Fsp3) is 0.667. The van der Waals surface area contributed by atoms with E-state index in [2.05, 4.69) is 15.5 Å². The highest BCUT2D eigenvalue weighted by atomic mass is 19.4. The zero-order chi connectivity index (χ0) is 9.47. The number of fused-ring (bicyclic) bond motifs is 1. The Bertz CT molecular complexity index is 316. The molecular formula is C6H7F3N4. The molecule has 0 radical (unpaired) electrons. The van der Waals surface area contributed by atoms with Crippen LogP contribution in [0.25, 0.3) is 0 Å². The van der Waals surface area contributed by atoms with E-state index in [9.17, 15) is 13.2 Å². The van der Waals surface area contributed by atoms with Crippen LogP contribution in [0.1, 0.15) is 11.6 Å². The summed E-state index contributed by atoms with van der Waals surface area (Å²) in [5.74, 6) is -0.527. The van der Waals surface area contributed by atoms with Gasteiger partial charge in [0.2, 0.25) is 5.82 Å². The summed E-state index contributed by atoms with van der Waals surface area (Å²) in [6, 6.07) is 0. The first kappa shape index (κ1) is 8.49. The Morgan fingerprint density at radius 3 is 2.77 bits per heavy atom. The Kier molecular flexibility index (Phi) is 1.76. The van der Waals surface area contributed by atoms with Crippen molar-refractivity contribution in [3.05, 3.63) is 11.6 Å². The lowest BCUT2D eigenvalue weighted by molar-refractivity contribution is -0.147. The van der Waals surface area contributed by atoms with Crippen LogP contribution < -0.4 is 5.32 Å². The summed E-state index contributed by atoms with van der Waals surface area (Å²) in [4.78, 5) is 0. The highest BCUT2D eigenvalue weighted by Crippen LogP contribution is 2.28. The third kappa shape index (κ3) is 1.39. The third-order valence-corrected chi connectivity index (χ3v) is 1.88. The zero-order valence-corrected chi connectivity index (χ0v) is 6.60. The Hall–Kier alpha value is -1.11. The van der Waals surface area contributed by atoms with E-state index in [4.69, 9.17) is 0 Å². The molecule has 4 nitrogen and oxygen atoms in total. The van der Waals surface area contributed by atoms with Crippen LogP contribution in [-0.4, -0.2) is 21.3 Å². The van der Waals surface area contributed by atoms with Gasteiger partial charge in [-0.1, -0.05) is 0 Å². The van der Waals surface area contributed by atoms with Crippen LogP contribution in [-0.2, 0) is 19.3 Å². The maximum Gasteiger partial charge on any atom is 0.451 e. The molecular weight excluding hydrogens is 185 g/mol. The van der Waals surface area contributed by atoms with Gasteiger partial charge in [0.15, 0.2) is 0 Å². The van der Waals surface area contributed by atoms with Crippen LogP contribution in [0.4, 0.5) is 13.2 Å². The van der Waals surface area contributed by atoms with Crippen molar-refractivity contribution < 1.29 is 13.2 Å². The molecule has 7 heteroatoms. The predicted octanol–water partition coefficient (Wildman–Crippen LogP) is 0.400. The van der Waals surface area contributed by atoms with Crippen molar-refractivity contribution in [1.29, 1.82) is 0 Å². The summed E-state index contributed by atoms with van der Waals surface area (Å²) in [7, 11) is 0. The van der Waals surface area contributed by atoms with Gasteiger partial charge in [0.1, 0.15) is 5.82 Å². The van der Waals surface area contributed by atoms with Crippen molar-refractivity contribution in [3.8, 4) is 0 Å². The highest BCUT2D eigenvalue weighted by molar-refractivity contribution is 5.01.